The Morgan fingerprint density at radius 3 is 2.75 bits per heavy atom. The second-order valence-electron chi connectivity index (χ2n) is 8.56. The summed E-state index contributed by atoms with van der Waals surface area (Å²) in [4.78, 5) is 17.1. The number of rotatable bonds is 8. The molecule has 6 nitrogen and oxygen atoms in total. The Labute approximate surface area is 193 Å². The molecule has 1 saturated carbocycles. The maximum Gasteiger partial charge on any atom is 0.255 e. The lowest BCUT2D eigenvalue weighted by Crippen LogP contribution is -2.27. The van der Waals surface area contributed by atoms with E-state index in [0.29, 0.717) is 24.0 Å². The van der Waals surface area contributed by atoms with E-state index in [0.717, 1.165) is 35.9 Å². The van der Waals surface area contributed by atoms with E-state index in [9.17, 15) is 15.0 Å². The highest BCUT2D eigenvalue weighted by Gasteiger charge is 2.29. The number of benzene rings is 1. The molecule has 1 aromatic carbocycles. The Balaban J connectivity index is 1.60. The van der Waals surface area contributed by atoms with Crippen LogP contribution in [0.4, 0.5) is 0 Å². The highest BCUT2D eigenvalue weighted by molar-refractivity contribution is 6.35. The van der Waals surface area contributed by atoms with Gasteiger partial charge >= 0.3 is 0 Å². The number of nitrogens with one attached hydrogen (secondary N) is 1. The van der Waals surface area contributed by atoms with Crippen molar-refractivity contribution in [1.82, 2.24) is 14.9 Å². The summed E-state index contributed by atoms with van der Waals surface area (Å²) in [6, 6.07) is 8.40. The van der Waals surface area contributed by atoms with Gasteiger partial charge in [-0.05, 0) is 54.9 Å². The summed E-state index contributed by atoms with van der Waals surface area (Å²) in [5.41, 5.74) is 2.23. The quantitative estimate of drug-likeness (QED) is 0.452. The molecule has 1 unspecified atom stereocenters. The Morgan fingerprint density at radius 1 is 1.22 bits per heavy atom. The normalized spacial score (nSPS) is 15.7. The van der Waals surface area contributed by atoms with Gasteiger partial charge in [-0.2, -0.15) is 0 Å². The van der Waals surface area contributed by atoms with Crippen molar-refractivity contribution in [1.29, 1.82) is 0 Å². The topological polar surface area (TPSA) is 87.4 Å². The van der Waals surface area contributed by atoms with Gasteiger partial charge in [0.15, 0.2) is 0 Å². The van der Waals surface area contributed by atoms with Crippen LogP contribution in [0.25, 0.3) is 11.0 Å². The van der Waals surface area contributed by atoms with E-state index in [1.807, 2.05) is 10.6 Å². The molecule has 7 heteroatoms. The number of para-hydroxylation sites is 1. The Kier molecular flexibility index (Phi) is 7.33. The summed E-state index contributed by atoms with van der Waals surface area (Å²) in [5, 5.41) is 24.1. The van der Waals surface area contributed by atoms with E-state index < -0.39 is 0 Å². The summed E-state index contributed by atoms with van der Waals surface area (Å²) in [5.74, 6) is 0.450. The minimum atomic E-state index is -0.270. The van der Waals surface area contributed by atoms with Gasteiger partial charge in [-0.1, -0.05) is 43.0 Å². The minimum Gasteiger partial charge on any atom is -0.507 e. The van der Waals surface area contributed by atoms with Crippen molar-refractivity contribution in [3.63, 3.8) is 0 Å². The number of aromatic nitrogens is 2. The zero-order valence-corrected chi connectivity index (χ0v) is 18.9. The van der Waals surface area contributed by atoms with Gasteiger partial charge < -0.3 is 20.1 Å². The van der Waals surface area contributed by atoms with E-state index in [4.69, 9.17) is 11.6 Å². The number of aliphatic hydroxyl groups is 1. The van der Waals surface area contributed by atoms with Gasteiger partial charge in [0.2, 0.25) is 0 Å². The van der Waals surface area contributed by atoms with Crippen LogP contribution in [0.1, 0.15) is 60.4 Å². The van der Waals surface area contributed by atoms with E-state index >= 15 is 0 Å². The molecule has 0 saturated heterocycles. The molecule has 1 aliphatic carbocycles. The fraction of sp³-hybridized carbons (Fsp3) is 0.440. The third-order valence-corrected chi connectivity index (χ3v) is 6.90. The van der Waals surface area contributed by atoms with Crippen molar-refractivity contribution in [2.24, 2.45) is 5.92 Å². The van der Waals surface area contributed by atoms with Crippen molar-refractivity contribution in [2.75, 3.05) is 13.2 Å². The number of amides is 1. The molecule has 2 heterocycles. The maximum absolute atomic E-state index is 12.6. The van der Waals surface area contributed by atoms with E-state index in [1.165, 1.54) is 25.3 Å². The van der Waals surface area contributed by atoms with Crippen LogP contribution in [0, 0.1) is 5.92 Å². The number of nitrogens with zero attached hydrogens (tertiary/aromatic N) is 2. The molecule has 3 N–H and O–H groups in total. The van der Waals surface area contributed by atoms with Crippen LogP contribution in [0.2, 0.25) is 5.02 Å². The standard InChI is InChI=1S/C25H30ClN3O3/c26-21-11-13-27-24-23(21)20(16-29(24)14-15-30)18(17-6-2-1-3-7-17)10-12-28-25(32)19-8-4-5-9-22(19)31/h4-5,8-9,11,13,16-18,30-31H,1-3,6-7,10,12,14-15H2,(H,28,32). The van der Waals surface area contributed by atoms with Crippen molar-refractivity contribution in [3.8, 4) is 5.75 Å². The van der Waals surface area contributed by atoms with Gasteiger partial charge in [0.05, 0.1) is 17.2 Å². The van der Waals surface area contributed by atoms with Crippen LogP contribution in [-0.2, 0) is 6.54 Å². The number of aromatic hydroxyl groups is 1. The first kappa shape index (κ1) is 22.6. The number of halogens is 1. The molecular formula is C25H30ClN3O3. The highest BCUT2D eigenvalue weighted by Crippen LogP contribution is 2.42. The fourth-order valence-corrected chi connectivity index (χ4v) is 5.30. The molecule has 1 fully saturated rings. The Bertz CT molecular complexity index is 1080. The van der Waals surface area contributed by atoms with Gasteiger partial charge in [-0.25, -0.2) is 4.98 Å². The lowest BCUT2D eigenvalue weighted by atomic mass is 9.75. The Hall–Kier alpha value is -2.57. The molecule has 1 aliphatic rings. The summed E-state index contributed by atoms with van der Waals surface area (Å²) in [6.45, 7) is 0.992. The number of phenolic OH excluding ortho intramolecular Hbond substituents is 1. The summed E-state index contributed by atoms with van der Waals surface area (Å²) >= 11 is 6.63. The third kappa shape index (κ3) is 4.76. The summed E-state index contributed by atoms with van der Waals surface area (Å²) in [7, 11) is 0. The van der Waals surface area contributed by atoms with Crippen molar-refractivity contribution in [3.05, 3.63) is 58.9 Å². The molecule has 1 amide bonds. The zero-order chi connectivity index (χ0) is 22.5. The van der Waals surface area contributed by atoms with Gasteiger partial charge in [0, 0.05) is 30.9 Å². The second-order valence-corrected chi connectivity index (χ2v) is 8.97. The van der Waals surface area contributed by atoms with Gasteiger partial charge in [-0.15, -0.1) is 0 Å². The average molecular weight is 456 g/mol. The maximum atomic E-state index is 12.6. The average Bonchev–Trinajstić information content (AvgIpc) is 3.17. The molecule has 2 aromatic heterocycles. The van der Waals surface area contributed by atoms with Crippen LogP contribution in [-0.4, -0.2) is 38.8 Å². The van der Waals surface area contributed by atoms with Crippen LogP contribution in [0.5, 0.6) is 5.75 Å². The molecule has 0 bridgehead atoms. The first-order chi connectivity index (χ1) is 15.6. The summed E-state index contributed by atoms with van der Waals surface area (Å²) < 4.78 is 1.98. The van der Waals surface area contributed by atoms with E-state index in [-0.39, 0.29) is 29.7 Å². The first-order valence-corrected chi connectivity index (χ1v) is 11.8. The molecule has 0 aliphatic heterocycles. The number of carbonyl (C=O) groups excluding carboxylic acids is 1. The third-order valence-electron chi connectivity index (χ3n) is 6.58. The van der Waals surface area contributed by atoms with Gasteiger partial charge in [0.25, 0.3) is 5.91 Å². The minimum absolute atomic E-state index is 0.0150. The first-order valence-electron chi connectivity index (χ1n) is 11.4. The number of aliphatic hydroxyl groups excluding tert-OH is 1. The Morgan fingerprint density at radius 2 is 2.00 bits per heavy atom. The van der Waals surface area contributed by atoms with E-state index in [2.05, 4.69) is 16.5 Å². The van der Waals surface area contributed by atoms with Crippen LogP contribution < -0.4 is 5.32 Å². The van der Waals surface area contributed by atoms with Crippen molar-refractivity contribution in [2.45, 2.75) is 51.0 Å². The number of hydrogen-bond acceptors (Lipinski definition) is 4. The van der Waals surface area contributed by atoms with Gasteiger partial charge in [0.1, 0.15) is 11.4 Å². The molecule has 1 atom stereocenters. The number of hydrogen-bond donors (Lipinski definition) is 3. The molecule has 3 aromatic rings. The number of carbonyl (C=O) groups is 1. The smallest absolute Gasteiger partial charge is 0.255 e. The molecule has 170 valence electrons. The molecule has 0 spiro atoms. The molecule has 32 heavy (non-hydrogen) atoms. The number of phenols is 1. The number of fused-ring (bicyclic) bond motifs is 1. The second kappa shape index (κ2) is 10.4. The fourth-order valence-electron chi connectivity index (χ4n) is 5.05. The van der Waals surface area contributed by atoms with Crippen LogP contribution in [0.3, 0.4) is 0 Å². The molecular weight excluding hydrogens is 426 g/mol. The summed E-state index contributed by atoms with van der Waals surface area (Å²) in [6.07, 6.45) is 10.6. The predicted molar refractivity (Wildman–Crippen MR) is 126 cm³/mol. The van der Waals surface area contributed by atoms with Crippen molar-refractivity contribution >= 4 is 28.5 Å². The van der Waals surface area contributed by atoms with E-state index in [1.54, 1.807) is 24.4 Å². The van der Waals surface area contributed by atoms with Gasteiger partial charge in [-0.3, -0.25) is 4.79 Å². The number of pyridine rings is 1. The lowest BCUT2D eigenvalue weighted by molar-refractivity contribution is 0.0948. The predicted octanol–water partition coefficient (Wildman–Crippen LogP) is 4.87. The SMILES string of the molecule is O=C(NCCC(c1cn(CCO)c2nccc(Cl)c12)C1CCCCC1)c1ccccc1O. The molecule has 0 radical (unpaired) electrons. The van der Waals surface area contributed by atoms with Crippen molar-refractivity contribution < 1.29 is 15.0 Å². The van der Waals surface area contributed by atoms with Crippen LogP contribution >= 0.6 is 11.6 Å². The van der Waals surface area contributed by atoms with Crippen LogP contribution in [0.15, 0.2) is 42.7 Å². The molecule has 4 rings (SSSR count). The largest absolute Gasteiger partial charge is 0.507 e. The monoisotopic (exact) mass is 455 g/mol. The zero-order valence-electron chi connectivity index (χ0n) is 18.1. The lowest BCUT2D eigenvalue weighted by Gasteiger charge is -2.30. The highest BCUT2D eigenvalue weighted by atomic mass is 35.5.